The Hall–Kier alpha value is -1.77. The molecule has 0 saturated carbocycles. The minimum Gasteiger partial charge on any atom is -0.475 e. The van der Waals surface area contributed by atoms with Gasteiger partial charge in [0, 0.05) is 12.5 Å². The standard InChI is InChI=1S/C14H17NO2/c1-11-8-15(14(11)9-16)12(2)17-10-13-6-4-3-5-7-13/h3-7,9,11,14H,2,8,10H2,1H3. The van der Waals surface area contributed by atoms with Gasteiger partial charge in [-0.05, 0) is 12.1 Å². The molecule has 17 heavy (non-hydrogen) atoms. The zero-order chi connectivity index (χ0) is 12.3. The number of rotatable bonds is 5. The average molecular weight is 231 g/mol. The van der Waals surface area contributed by atoms with Gasteiger partial charge in [-0.2, -0.15) is 0 Å². The molecule has 0 amide bonds. The topological polar surface area (TPSA) is 29.5 Å². The second kappa shape index (κ2) is 5.04. The van der Waals surface area contributed by atoms with Crippen LogP contribution in [-0.2, 0) is 16.1 Å². The normalized spacial score (nSPS) is 22.8. The number of carbonyl (C=O) groups excluding carboxylic acids is 1. The molecule has 0 aromatic heterocycles. The van der Waals surface area contributed by atoms with E-state index in [0.29, 0.717) is 18.4 Å². The molecule has 1 saturated heterocycles. The smallest absolute Gasteiger partial charge is 0.182 e. The van der Waals surface area contributed by atoms with Gasteiger partial charge < -0.3 is 14.4 Å². The first-order chi connectivity index (χ1) is 8.22. The number of hydrogen-bond acceptors (Lipinski definition) is 3. The van der Waals surface area contributed by atoms with E-state index in [4.69, 9.17) is 4.74 Å². The summed E-state index contributed by atoms with van der Waals surface area (Å²) in [5.41, 5.74) is 1.10. The number of likely N-dealkylation sites (tertiary alicyclic amines) is 1. The molecule has 0 spiro atoms. The fourth-order valence-corrected chi connectivity index (χ4v) is 2.01. The lowest BCUT2D eigenvalue weighted by molar-refractivity contribution is -0.121. The molecule has 2 unspecified atom stereocenters. The minimum absolute atomic E-state index is 0.0710. The summed E-state index contributed by atoms with van der Waals surface area (Å²) >= 11 is 0. The highest BCUT2D eigenvalue weighted by atomic mass is 16.5. The van der Waals surface area contributed by atoms with Crippen molar-refractivity contribution >= 4 is 6.29 Å². The molecular weight excluding hydrogens is 214 g/mol. The van der Waals surface area contributed by atoms with Crippen molar-refractivity contribution in [2.75, 3.05) is 6.54 Å². The Morgan fingerprint density at radius 1 is 1.53 bits per heavy atom. The van der Waals surface area contributed by atoms with Gasteiger partial charge in [0.25, 0.3) is 0 Å². The van der Waals surface area contributed by atoms with Crippen LogP contribution in [-0.4, -0.2) is 23.8 Å². The van der Waals surface area contributed by atoms with Crippen LogP contribution < -0.4 is 0 Å². The summed E-state index contributed by atoms with van der Waals surface area (Å²) in [6.07, 6.45) is 0.964. The summed E-state index contributed by atoms with van der Waals surface area (Å²) in [5.74, 6) is 0.980. The van der Waals surface area contributed by atoms with Crippen molar-refractivity contribution in [1.29, 1.82) is 0 Å². The molecule has 0 aliphatic carbocycles. The Balaban J connectivity index is 1.84. The Kier molecular flexibility index (Phi) is 3.47. The molecule has 3 heteroatoms. The van der Waals surface area contributed by atoms with Crippen molar-refractivity contribution < 1.29 is 9.53 Å². The largest absolute Gasteiger partial charge is 0.475 e. The molecule has 1 aliphatic heterocycles. The van der Waals surface area contributed by atoms with Gasteiger partial charge in [0.2, 0.25) is 0 Å². The molecule has 0 bridgehead atoms. The highest BCUT2D eigenvalue weighted by molar-refractivity contribution is 5.60. The molecule has 3 nitrogen and oxygen atoms in total. The van der Waals surface area contributed by atoms with Crippen LogP contribution in [0.2, 0.25) is 0 Å². The predicted octanol–water partition coefficient (Wildman–Crippen LogP) is 2.19. The fourth-order valence-electron chi connectivity index (χ4n) is 2.01. The van der Waals surface area contributed by atoms with Crippen LogP contribution in [0.3, 0.4) is 0 Å². The van der Waals surface area contributed by atoms with E-state index in [-0.39, 0.29) is 6.04 Å². The molecule has 2 rings (SSSR count). The lowest BCUT2D eigenvalue weighted by Gasteiger charge is -2.45. The summed E-state index contributed by atoms with van der Waals surface area (Å²) in [5, 5.41) is 0. The first-order valence-corrected chi connectivity index (χ1v) is 5.80. The molecule has 1 fully saturated rings. The third-order valence-corrected chi connectivity index (χ3v) is 3.14. The Labute approximate surface area is 102 Å². The van der Waals surface area contributed by atoms with Crippen molar-refractivity contribution in [3.8, 4) is 0 Å². The summed E-state index contributed by atoms with van der Waals surface area (Å²) in [6.45, 7) is 7.27. The summed E-state index contributed by atoms with van der Waals surface area (Å²) in [4.78, 5) is 12.8. The third kappa shape index (κ3) is 2.49. The molecule has 1 aromatic carbocycles. The van der Waals surface area contributed by atoms with E-state index >= 15 is 0 Å². The number of hydrogen-bond donors (Lipinski definition) is 0. The zero-order valence-electron chi connectivity index (χ0n) is 10.0. The van der Waals surface area contributed by atoms with Gasteiger partial charge >= 0.3 is 0 Å². The van der Waals surface area contributed by atoms with E-state index in [1.54, 1.807) is 0 Å². The van der Waals surface area contributed by atoms with Gasteiger partial charge in [-0.25, -0.2) is 0 Å². The van der Waals surface area contributed by atoms with Gasteiger partial charge in [0.1, 0.15) is 12.9 Å². The van der Waals surface area contributed by atoms with E-state index in [1.165, 1.54) is 0 Å². The Morgan fingerprint density at radius 2 is 2.24 bits per heavy atom. The molecule has 1 aromatic rings. The first kappa shape index (κ1) is 11.7. The molecule has 2 atom stereocenters. The van der Waals surface area contributed by atoms with Gasteiger partial charge in [-0.1, -0.05) is 37.3 Å². The maximum atomic E-state index is 10.8. The quantitative estimate of drug-likeness (QED) is 0.574. The fraction of sp³-hybridized carbons (Fsp3) is 0.357. The number of ether oxygens (including phenoxy) is 1. The molecule has 1 heterocycles. The Bertz CT molecular complexity index is 402. The van der Waals surface area contributed by atoms with E-state index in [2.05, 4.69) is 13.5 Å². The second-order valence-corrected chi connectivity index (χ2v) is 4.42. The lowest BCUT2D eigenvalue weighted by atomic mass is 9.92. The molecule has 90 valence electrons. The van der Waals surface area contributed by atoms with Gasteiger partial charge in [-0.3, -0.25) is 0 Å². The second-order valence-electron chi connectivity index (χ2n) is 4.42. The number of aldehydes is 1. The van der Waals surface area contributed by atoms with Crippen LogP contribution >= 0.6 is 0 Å². The monoisotopic (exact) mass is 231 g/mol. The van der Waals surface area contributed by atoms with E-state index in [9.17, 15) is 4.79 Å². The van der Waals surface area contributed by atoms with Crippen LogP contribution in [0.25, 0.3) is 0 Å². The Morgan fingerprint density at radius 3 is 2.82 bits per heavy atom. The summed E-state index contributed by atoms with van der Waals surface area (Å²) < 4.78 is 5.58. The predicted molar refractivity (Wildman–Crippen MR) is 66.1 cm³/mol. The third-order valence-electron chi connectivity index (χ3n) is 3.14. The molecule has 0 radical (unpaired) electrons. The van der Waals surface area contributed by atoms with Gasteiger partial charge in [0.15, 0.2) is 5.88 Å². The van der Waals surface area contributed by atoms with Crippen LogP contribution in [0.5, 0.6) is 0 Å². The summed E-state index contributed by atoms with van der Waals surface area (Å²) in [6, 6.07) is 9.85. The van der Waals surface area contributed by atoms with Crippen LogP contribution in [0.1, 0.15) is 12.5 Å². The van der Waals surface area contributed by atoms with Gasteiger partial charge in [-0.15, -0.1) is 0 Å². The van der Waals surface area contributed by atoms with Crippen molar-refractivity contribution in [3.63, 3.8) is 0 Å². The van der Waals surface area contributed by atoms with Crippen molar-refractivity contribution in [3.05, 3.63) is 48.4 Å². The molecule has 0 N–H and O–H groups in total. The summed E-state index contributed by atoms with van der Waals surface area (Å²) in [7, 11) is 0. The zero-order valence-corrected chi connectivity index (χ0v) is 10.0. The minimum atomic E-state index is -0.0710. The lowest BCUT2D eigenvalue weighted by Crippen LogP contribution is -2.55. The van der Waals surface area contributed by atoms with Crippen LogP contribution in [0, 0.1) is 5.92 Å². The number of nitrogens with zero attached hydrogens (tertiary/aromatic N) is 1. The molecular formula is C14H17NO2. The first-order valence-electron chi connectivity index (χ1n) is 5.80. The maximum absolute atomic E-state index is 10.8. The highest BCUT2D eigenvalue weighted by Crippen LogP contribution is 2.27. The number of benzene rings is 1. The van der Waals surface area contributed by atoms with Crippen LogP contribution in [0.15, 0.2) is 42.8 Å². The van der Waals surface area contributed by atoms with Crippen molar-refractivity contribution in [2.24, 2.45) is 5.92 Å². The van der Waals surface area contributed by atoms with E-state index in [0.717, 1.165) is 18.4 Å². The van der Waals surface area contributed by atoms with Gasteiger partial charge in [0.05, 0.1) is 6.04 Å². The number of carbonyl (C=O) groups is 1. The average Bonchev–Trinajstić information content (AvgIpc) is 2.35. The SMILES string of the molecule is C=C(OCc1ccccc1)N1CC(C)C1C=O. The molecule has 1 aliphatic rings. The van der Waals surface area contributed by atoms with E-state index < -0.39 is 0 Å². The highest BCUT2D eigenvalue weighted by Gasteiger charge is 2.36. The van der Waals surface area contributed by atoms with Crippen molar-refractivity contribution in [1.82, 2.24) is 4.90 Å². The van der Waals surface area contributed by atoms with E-state index in [1.807, 2.05) is 35.2 Å². The maximum Gasteiger partial charge on any atom is 0.182 e. The van der Waals surface area contributed by atoms with Crippen molar-refractivity contribution in [2.45, 2.75) is 19.6 Å². The van der Waals surface area contributed by atoms with Crippen LogP contribution in [0.4, 0.5) is 0 Å².